The molecule has 0 aliphatic heterocycles. The number of nitrogens with zero attached hydrogens (tertiary/aromatic N) is 3. The molecule has 2 aromatic carbocycles. The lowest BCUT2D eigenvalue weighted by Crippen LogP contribution is -2.06. The van der Waals surface area contributed by atoms with Crippen molar-refractivity contribution >= 4 is 23.4 Å². The molecule has 0 bridgehead atoms. The molecule has 0 spiro atoms. The molecule has 0 saturated carbocycles. The molecular formula is C17H15FN4OS. The first kappa shape index (κ1) is 16.2. The zero-order valence-electron chi connectivity index (χ0n) is 12.9. The minimum atomic E-state index is -0.248. The molecule has 5 nitrogen and oxygen atoms in total. The molecule has 24 heavy (non-hydrogen) atoms. The van der Waals surface area contributed by atoms with Gasteiger partial charge in [0.2, 0.25) is 5.91 Å². The molecule has 0 fully saturated rings. The Balaban J connectivity index is 1.77. The topological polar surface area (TPSA) is 59.8 Å². The maximum Gasteiger partial charge on any atom is 0.221 e. The van der Waals surface area contributed by atoms with Gasteiger partial charge in [0, 0.05) is 18.4 Å². The van der Waals surface area contributed by atoms with E-state index >= 15 is 0 Å². The van der Waals surface area contributed by atoms with Crippen molar-refractivity contribution in [3.8, 4) is 5.69 Å². The standard InChI is InChI=1S/C17H15FN4OS/c1-12(23)20-15-3-2-4-16(9-15)22-11-19-21-17(22)24-10-13-5-7-14(18)8-6-13/h2-9,11H,10H2,1H3,(H,20,23). The minimum absolute atomic E-state index is 0.123. The number of anilines is 1. The third-order valence-corrected chi connectivity index (χ3v) is 4.26. The van der Waals surface area contributed by atoms with Gasteiger partial charge in [-0.25, -0.2) is 4.39 Å². The molecule has 7 heteroatoms. The van der Waals surface area contributed by atoms with Crippen LogP contribution >= 0.6 is 11.8 Å². The first-order valence-electron chi connectivity index (χ1n) is 7.27. The van der Waals surface area contributed by atoms with E-state index in [0.717, 1.165) is 16.4 Å². The first-order valence-corrected chi connectivity index (χ1v) is 8.26. The molecule has 0 aliphatic rings. The first-order chi connectivity index (χ1) is 11.6. The molecule has 1 N–H and O–H groups in total. The second kappa shape index (κ2) is 7.27. The molecule has 1 amide bonds. The average Bonchev–Trinajstić information content (AvgIpc) is 3.02. The van der Waals surface area contributed by atoms with Crippen LogP contribution in [0.4, 0.5) is 10.1 Å². The van der Waals surface area contributed by atoms with Crippen LogP contribution < -0.4 is 5.32 Å². The third kappa shape index (κ3) is 3.99. The molecule has 3 rings (SSSR count). The van der Waals surface area contributed by atoms with Crippen molar-refractivity contribution in [3.05, 3.63) is 66.2 Å². The Morgan fingerprint density at radius 2 is 2.04 bits per heavy atom. The summed E-state index contributed by atoms with van der Waals surface area (Å²) < 4.78 is 14.8. The van der Waals surface area contributed by atoms with Gasteiger partial charge >= 0.3 is 0 Å². The van der Waals surface area contributed by atoms with Gasteiger partial charge in [-0.15, -0.1) is 10.2 Å². The van der Waals surface area contributed by atoms with Crippen LogP contribution in [0.15, 0.2) is 60.0 Å². The van der Waals surface area contributed by atoms with Gasteiger partial charge in [-0.2, -0.15) is 0 Å². The Morgan fingerprint density at radius 3 is 2.79 bits per heavy atom. The summed E-state index contributed by atoms with van der Waals surface area (Å²) in [5.74, 6) is 0.285. The average molecular weight is 342 g/mol. The van der Waals surface area contributed by atoms with Crippen molar-refractivity contribution in [1.82, 2.24) is 14.8 Å². The lowest BCUT2D eigenvalue weighted by Gasteiger charge is -2.09. The number of carbonyl (C=O) groups is 1. The Kier molecular flexibility index (Phi) is 4.90. The van der Waals surface area contributed by atoms with Gasteiger partial charge in [-0.3, -0.25) is 9.36 Å². The van der Waals surface area contributed by atoms with E-state index in [0.29, 0.717) is 11.4 Å². The van der Waals surface area contributed by atoms with Crippen LogP contribution in [0.25, 0.3) is 5.69 Å². The van der Waals surface area contributed by atoms with Gasteiger partial charge in [-0.05, 0) is 35.9 Å². The number of rotatable bonds is 5. The fraction of sp³-hybridized carbons (Fsp3) is 0.118. The summed E-state index contributed by atoms with van der Waals surface area (Å²) in [6.07, 6.45) is 1.62. The molecule has 0 radical (unpaired) electrons. The van der Waals surface area contributed by atoms with Gasteiger partial charge in [0.25, 0.3) is 0 Å². The molecule has 1 heterocycles. The normalized spacial score (nSPS) is 10.6. The summed E-state index contributed by atoms with van der Waals surface area (Å²) in [5, 5.41) is 11.6. The number of aromatic nitrogens is 3. The van der Waals surface area contributed by atoms with Gasteiger partial charge in [0.05, 0.1) is 5.69 Å². The van der Waals surface area contributed by atoms with E-state index < -0.39 is 0 Å². The van der Waals surface area contributed by atoms with Crippen LogP contribution in [0.3, 0.4) is 0 Å². The summed E-state index contributed by atoms with van der Waals surface area (Å²) in [6, 6.07) is 13.8. The molecule has 0 aliphatic carbocycles. The van der Waals surface area contributed by atoms with E-state index in [1.165, 1.54) is 30.8 Å². The van der Waals surface area contributed by atoms with Crippen molar-refractivity contribution in [2.75, 3.05) is 5.32 Å². The maximum absolute atomic E-state index is 13.0. The maximum atomic E-state index is 13.0. The number of carbonyl (C=O) groups excluding carboxylic acids is 1. The van der Waals surface area contributed by atoms with Crippen molar-refractivity contribution in [2.24, 2.45) is 0 Å². The van der Waals surface area contributed by atoms with Crippen LogP contribution in [0.1, 0.15) is 12.5 Å². The van der Waals surface area contributed by atoms with Crippen molar-refractivity contribution < 1.29 is 9.18 Å². The number of halogens is 1. The smallest absolute Gasteiger partial charge is 0.221 e. The second-order valence-corrected chi connectivity index (χ2v) is 6.07. The summed E-state index contributed by atoms with van der Waals surface area (Å²) in [7, 11) is 0. The lowest BCUT2D eigenvalue weighted by atomic mass is 10.2. The van der Waals surface area contributed by atoms with Crippen LogP contribution in [0.5, 0.6) is 0 Å². The summed E-state index contributed by atoms with van der Waals surface area (Å²) >= 11 is 1.51. The number of hydrogen-bond donors (Lipinski definition) is 1. The van der Waals surface area contributed by atoms with Crippen molar-refractivity contribution in [1.29, 1.82) is 0 Å². The SMILES string of the molecule is CC(=O)Nc1cccc(-n2cnnc2SCc2ccc(F)cc2)c1. The molecular weight excluding hydrogens is 327 g/mol. The number of benzene rings is 2. The zero-order valence-corrected chi connectivity index (χ0v) is 13.8. The third-order valence-electron chi connectivity index (χ3n) is 3.24. The Morgan fingerprint density at radius 1 is 1.25 bits per heavy atom. The molecule has 0 atom stereocenters. The number of nitrogens with one attached hydrogen (secondary N) is 1. The van der Waals surface area contributed by atoms with Crippen LogP contribution in [-0.2, 0) is 10.5 Å². The molecule has 1 aromatic heterocycles. The Bertz CT molecular complexity index is 848. The quantitative estimate of drug-likeness (QED) is 0.719. The summed E-state index contributed by atoms with van der Waals surface area (Å²) in [4.78, 5) is 11.2. The zero-order chi connectivity index (χ0) is 16.9. The summed E-state index contributed by atoms with van der Waals surface area (Å²) in [5.41, 5.74) is 2.57. The summed E-state index contributed by atoms with van der Waals surface area (Å²) in [6.45, 7) is 1.47. The van der Waals surface area contributed by atoms with Crippen LogP contribution in [0, 0.1) is 5.82 Å². The van der Waals surface area contributed by atoms with E-state index in [9.17, 15) is 9.18 Å². The van der Waals surface area contributed by atoms with Gasteiger partial charge in [-0.1, -0.05) is 30.0 Å². The van der Waals surface area contributed by atoms with Gasteiger partial charge in [0.1, 0.15) is 12.1 Å². The van der Waals surface area contributed by atoms with Gasteiger partial charge in [0.15, 0.2) is 5.16 Å². The van der Waals surface area contributed by atoms with E-state index in [4.69, 9.17) is 0 Å². The number of thioether (sulfide) groups is 1. The predicted octanol–water partition coefficient (Wildman–Crippen LogP) is 3.66. The predicted molar refractivity (Wildman–Crippen MR) is 91.6 cm³/mol. The molecule has 0 saturated heterocycles. The van der Waals surface area contributed by atoms with E-state index in [1.807, 2.05) is 28.8 Å². The second-order valence-electron chi connectivity index (χ2n) is 5.13. The Hall–Kier alpha value is -2.67. The molecule has 0 unspecified atom stereocenters. The monoisotopic (exact) mass is 342 g/mol. The van der Waals surface area contributed by atoms with E-state index in [2.05, 4.69) is 15.5 Å². The minimum Gasteiger partial charge on any atom is -0.326 e. The van der Waals surface area contributed by atoms with E-state index in [-0.39, 0.29) is 11.7 Å². The van der Waals surface area contributed by atoms with Crippen molar-refractivity contribution in [3.63, 3.8) is 0 Å². The fourth-order valence-corrected chi connectivity index (χ4v) is 3.05. The highest BCUT2D eigenvalue weighted by molar-refractivity contribution is 7.98. The fourth-order valence-electron chi connectivity index (χ4n) is 2.17. The number of amides is 1. The number of hydrogen-bond acceptors (Lipinski definition) is 4. The highest BCUT2D eigenvalue weighted by Gasteiger charge is 2.08. The Labute approximate surface area is 142 Å². The van der Waals surface area contributed by atoms with E-state index in [1.54, 1.807) is 18.5 Å². The molecule has 122 valence electrons. The van der Waals surface area contributed by atoms with Crippen molar-refractivity contribution in [2.45, 2.75) is 17.8 Å². The van der Waals surface area contributed by atoms with Crippen LogP contribution in [0.2, 0.25) is 0 Å². The highest BCUT2D eigenvalue weighted by Crippen LogP contribution is 2.24. The lowest BCUT2D eigenvalue weighted by molar-refractivity contribution is -0.114. The largest absolute Gasteiger partial charge is 0.326 e. The molecule has 3 aromatic rings. The highest BCUT2D eigenvalue weighted by atomic mass is 32.2. The van der Waals surface area contributed by atoms with Gasteiger partial charge < -0.3 is 5.32 Å². The van der Waals surface area contributed by atoms with Crippen LogP contribution in [-0.4, -0.2) is 20.7 Å².